The van der Waals surface area contributed by atoms with Gasteiger partial charge in [-0.1, -0.05) is 23.2 Å². The number of nitrogens with one attached hydrogen (secondary N) is 2. The zero-order chi connectivity index (χ0) is 17.7. The normalized spacial score (nSPS) is 10.0. The van der Waals surface area contributed by atoms with Crippen LogP contribution in [-0.2, 0) is 0 Å². The van der Waals surface area contributed by atoms with E-state index in [1.54, 1.807) is 44.6 Å². The van der Waals surface area contributed by atoms with Gasteiger partial charge in [0.1, 0.15) is 17.2 Å². The predicted molar refractivity (Wildman–Crippen MR) is 102 cm³/mol. The minimum absolute atomic E-state index is 0.329. The summed E-state index contributed by atoms with van der Waals surface area (Å²) in [5.41, 5.74) is 1.24. The van der Waals surface area contributed by atoms with Crippen LogP contribution < -0.4 is 24.8 Å². The van der Waals surface area contributed by atoms with Gasteiger partial charge in [0.05, 0.1) is 37.7 Å². The first kappa shape index (κ1) is 18.4. The van der Waals surface area contributed by atoms with E-state index in [0.29, 0.717) is 43.8 Å². The van der Waals surface area contributed by atoms with Gasteiger partial charge in [0.25, 0.3) is 0 Å². The minimum atomic E-state index is 0.329. The van der Waals surface area contributed by atoms with Crippen LogP contribution >= 0.6 is 35.4 Å². The molecule has 8 heteroatoms. The van der Waals surface area contributed by atoms with Crippen molar-refractivity contribution in [3.8, 4) is 17.2 Å². The van der Waals surface area contributed by atoms with E-state index in [1.165, 1.54) is 7.11 Å². The number of benzene rings is 2. The highest BCUT2D eigenvalue weighted by Crippen LogP contribution is 2.36. The number of ether oxygens (including phenoxy) is 3. The zero-order valence-corrected chi connectivity index (χ0v) is 15.6. The minimum Gasteiger partial charge on any atom is -0.495 e. The number of methoxy groups -OCH3 is 3. The lowest BCUT2D eigenvalue weighted by molar-refractivity contribution is 0.396. The van der Waals surface area contributed by atoms with E-state index in [0.717, 1.165) is 0 Å². The van der Waals surface area contributed by atoms with E-state index in [2.05, 4.69) is 10.6 Å². The lowest BCUT2D eigenvalue weighted by atomic mass is 10.2. The Balaban J connectivity index is 2.21. The molecule has 0 atom stereocenters. The number of hydrogen-bond donors (Lipinski definition) is 2. The Morgan fingerprint density at radius 1 is 0.833 bits per heavy atom. The molecule has 0 fully saturated rings. The average Bonchev–Trinajstić information content (AvgIpc) is 2.55. The summed E-state index contributed by atoms with van der Waals surface area (Å²) in [5.74, 6) is 1.66. The first-order valence-electron chi connectivity index (χ1n) is 6.81. The van der Waals surface area contributed by atoms with Crippen LogP contribution in [0.4, 0.5) is 11.4 Å². The smallest absolute Gasteiger partial charge is 0.175 e. The molecule has 0 unspecified atom stereocenters. The second kappa shape index (κ2) is 8.28. The highest BCUT2D eigenvalue weighted by molar-refractivity contribution is 7.80. The fourth-order valence-corrected chi connectivity index (χ4v) is 2.64. The molecule has 128 valence electrons. The molecule has 0 radical (unpaired) electrons. The second-order valence-electron chi connectivity index (χ2n) is 4.61. The lowest BCUT2D eigenvalue weighted by Gasteiger charge is -2.16. The van der Waals surface area contributed by atoms with Crippen LogP contribution in [0.2, 0.25) is 10.0 Å². The Hall–Kier alpha value is -1.89. The van der Waals surface area contributed by atoms with Crippen LogP contribution in [0.5, 0.6) is 17.2 Å². The van der Waals surface area contributed by atoms with Gasteiger partial charge in [0.15, 0.2) is 5.11 Å². The van der Waals surface area contributed by atoms with Crippen LogP contribution in [0.25, 0.3) is 0 Å². The largest absolute Gasteiger partial charge is 0.495 e. The highest BCUT2D eigenvalue weighted by atomic mass is 35.5. The molecule has 0 aliphatic heterocycles. The lowest BCUT2D eigenvalue weighted by Crippen LogP contribution is -2.20. The van der Waals surface area contributed by atoms with Crippen molar-refractivity contribution in [2.24, 2.45) is 0 Å². The third-order valence-electron chi connectivity index (χ3n) is 3.13. The van der Waals surface area contributed by atoms with Crippen LogP contribution in [-0.4, -0.2) is 26.4 Å². The summed E-state index contributed by atoms with van der Waals surface area (Å²) < 4.78 is 15.8. The molecule has 0 heterocycles. The first-order valence-corrected chi connectivity index (χ1v) is 7.98. The predicted octanol–water partition coefficient (Wildman–Crippen LogP) is 4.83. The van der Waals surface area contributed by atoms with Crippen molar-refractivity contribution in [2.45, 2.75) is 0 Å². The van der Waals surface area contributed by atoms with E-state index < -0.39 is 0 Å². The number of hydrogen-bond acceptors (Lipinski definition) is 4. The van der Waals surface area contributed by atoms with Gasteiger partial charge in [-0.2, -0.15) is 0 Å². The highest BCUT2D eigenvalue weighted by Gasteiger charge is 2.12. The molecule has 0 saturated heterocycles. The maximum atomic E-state index is 6.15. The molecule has 0 aromatic heterocycles. The van der Waals surface area contributed by atoms with Crippen molar-refractivity contribution in [2.75, 3.05) is 32.0 Å². The fraction of sp³-hybridized carbons (Fsp3) is 0.188. The molecule has 0 aliphatic carbocycles. The van der Waals surface area contributed by atoms with Gasteiger partial charge >= 0.3 is 0 Å². The first-order chi connectivity index (χ1) is 11.5. The summed E-state index contributed by atoms with van der Waals surface area (Å²) in [6.45, 7) is 0. The van der Waals surface area contributed by atoms with E-state index >= 15 is 0 Å². The van der Waals surface area contributed by atoms with Crippen LogP contribution in [0.15, 0.2) is 30.3 Å². The number of anilines is 2. The van der Waals surface area contributed by atoms with Crippen LogP contribution in [0.3, 0.4) is 0 Å². The summed E-state index contributed by atoms with van der Waals surface area (Å²) in [6, 6.07) is 8.54. The molecule has 2 N–H and O–H groups in total. The third kappa shape index (κ3) is 4.35. The van der Waals surface area contributed by atoms with Crippen molar-refractivity contribution in [3.63, 3.8) is 0 Å². The molecular formula is C16H16Cl2N2O3S. The third-order valence-corrected chi connectivity index (χ3v) is 3.87. The maximum absolute atomic E-state index is 6.15. The monoisotopic (exact) mass is 386 g/mol. The van der Waals surface area contributed by atoms with Crippen molar-refractivity contribution >= 4 is 51.9 Å². The molecule has 0 aliphatic rings. The number of halogens is 2. The van der Waals surface area contributed by atoms with E-state index in [4.69, 9.17) is 49.6 Å². The van der Waals surface area contributed by atoms with Crippen molar-refractivity contribution in [1.29, 1.82) is 0 Å². The van der Waals surface area contributed by atoms with Crippen LogP contribution in [0, 0.1) is 0 Å². The van der Waals surface area contributed by atoms with Gasteiger partial charge in [-0.15, -0.1) is 0 Å². The Bertz CT molecular complexity index is 756. The van der Waals surface area contributed by atoms with E-state index in [1.807, 2.05) is 0 Å². The zero-order valence-electron chi connectivity index (χ0n) is 13.3. The van der Waals surface area contributed by atoms with Crippen molar-refractivity contribution in [3.05, 3.63) is 40.4 Å². The number of rotatable bonds is 5. The molecule has 2 rings (SSSR count). The molecule has 0 saturated carbocycles. The topological polar surface area (TPSA) is 51.8 Å². The van der Waals surface area contributed by atoms with Gasteiger partial charge in [-0.05, 0) is 36.5 Å². The molecular weight excluding hydrogens is 371 g/mol. The molecule has 2 aromatic carbocycles. The second-order valence-corrected chi connectivity index (χ2v) is 5.86. The Morgan fingerprint density at radius 3 is 2.00 bits per heavy atom. The summed E-state index contributed by atoms with van der Waals surface area (Å²) in [7, 11) is 4.65. The summed E-state index contributed by atoms with van der Waals surface area (Å²) >= 11 is 17.5. The van der Waals surface area contributed by atoms with E-state index in [9.17, 15) is 0 Å². The SMILES string of the molecule is COc1cc(OC)c(NC(=S)Nc2cc(Cl)ccc2OC)cc1Cl. The van der Waals surface area contributed by atoms with Crippen molar-refractivity contribution < 1.29 is 14.2 Å². The standard InChI is InChI=1S/C16H16Cl2N2O3S/c1-21-13-5-4-9(17)6-11(13)19-16(24)20-12-7-10(18)14(22-2)8-15(12)23-3/h4-8H,1-3H3,(H2,19,20,24). The van der Waals surface area contributed by atoms with Crippen molar-refractivity contribution in [1.82, 2.24) is 0 Å². The molecule has 0 spiro atoms. The Labute approximate surface area is 155 Å². The fourth-order valence-electron chi connectivity index (χ4n) is 2.01. The number of thiocarbonyl (C=S) groups is 1. The Morgan fingerprint density at radius 2 is 1.42 bits per heavy atom. The van der Waals surface area contributed by atoms with Gasteiger partial charge in [-0.3, -0.25) is 0 Å². The molecule has 2 aromatic rings. The summed E-state index contributed by atoms with van der Waals surface area (Å²) in [4.78, 5) is 0. The Kier molecular flexibility index (Phi) is 6.36. The quantitative estimate of drug-likeness (QED) is 0.717. The van der Waals surface area contributed by atoms with Gasteiger partial charge in [-0.25, -0.2) is 0 Å². The molecule has 24 heavy (non-hydrogen) atoms. The summed E-state index contributed by atoms with van der Waals surface area (Å²) in [5, 5.41) is 7.38. The average molecular weight is 387 g/mol. The van der Waals surface area contributed by atoms with Gasteiger partial charge in [0, 0.05) is 11.1 Å². The maximum Gasteiger partial charge on any atom is 0.175 e. The van der Waals surface area contributed by atoms with E-state index in [-0.39, 0.29) is 0 Å². The van der Waals surface area contributed by atoms with Gasteiger partial charge < -0.3 is 24.8 Å². The molecule has 5 nitrogen and oxygen atoms in total. The molecule has 0 bridgehead atoms. The summed E-state index contributed by atoms with van der Waals surface area (Å²) in [6.07, 6.45) is 0. The molecule has 0 amide bonds. The van der Waals surface area contributed by atoms with Crippen LogP contribution in [0.1, 0.15) is 0 Å². The van der Waals surface area contributed by atoms with Gasteiger partial charge in [0.2, 0.25) is 0 Å².